The predicted molar refractivity (Wildman–Crippen MR) is 114 cm³/mol. The molecule has 0 saturated carbocycles. The number of ether oxygens (including phenoxy) is 1. The smallest absolute Gasteiger partial charge is 0.257 e. The lowest BCUT2D eigenvalue weighted by Crippen LogP contribution is -2.51. The topological polar surface area (TPSA) is 65.5 Å². The second kappa shape index (κ2) is 9.17. The Morgan fingerprint density at radius 3 is 2.52 bits per heavy atom. The molecule has 7 nitrogen and oxygen atoms in total. The van der Waals surface area contributed by atoms with Crippen LogP contribution in [-0.2, 0) is 14.3 Å². The first-order chi connectivity index (χ1) is 14.2. The van der Waals surface area contributed by atoms with Gasteiger partial charge in [-0.2, -0.15) is 5.10 Å². The van der Waals surface area contributed by atoms with Crippen LogP contribution in [0.2, 0.25) is 0 Å². The van der Waals surface area contributed by atoms with E-state index in [1.807, 2.05) is 22.9 Å². The van der Waals surface area contributed by atoms with Crippen LogP contribution in [0.15, 0.2) is 40.1 Å². The molecular formula is C20H24N4O3S2. The van der Waals surface area contributed by atoms with E-state index in [1.54, 1.807) is 32.6 Å². The lowest BCUT2D eigenvalue weighted by molar-refractivity contribution is -0.138. The highest BCUT2D eigenvalue weighted by Gasteiger charge is 2.35. The van der Waals surface area contributed by atoms with Crippen LogP contribution < -0.4 is 0 Å². The van der Waals surface area contributed by atoms with Crippen molar-refractivity contribution in [2.45, 2.75) is 12.5 Å². The molecule has 0 aromatic carbocycles. The molecule has 4 rings (SSSR count). The van der Waals surface area contributed by atoms with Gasteiger partial charge in [-0.3, -0.25) is 14.5 Å². The third kappa shape index (κ3) is 4.58. The molecule has 2 aliphatic heterocycles. The van der Waals surface area contributed by atoms with Crippen LogP contribution in [0.1, 0.15) is 22.2 Å². The Hall–Kier alpha value is -2.07. The summed E-state index contributed by atoms with van der Waals surface area (Å²) in [5, 5.41) is 10.5. The van der Waals surface area contributed by atoms with Crippen LogP contribution in [0.4, 0.5) is 0 Å². The van der Waals surface area contributed by atoms with Gasteiger partial charge in [0.1, 0.15) is 6.61 Å². The molecule has 2 aliphatic rings. The molecule has 4 heterocycles. The standard InChI is InChI=1S/C20H24N4O3S2/c1-27-14-20(26)23-8-6-22(7-9-23)13-19(25)24-16(18-5-3-11-29-18)12-15(21-24)17-4-2-10-28-17/h2-5,10-11,16H,6-9,12-14H2,1H3. The van der Waals surface area contributed by atoms with Gasteiger partial charge in [0.2, 0.25) is 5.91 Å². The zero-order valence-electron chi connectivity index (χ0n) is 16.3. The second-order valence-electron chi connectivity index (χ2n) is 7.09. The predicted octanol–water partition coefficient (Wildman–Crippen LogP) is 2.28. The number of amides is 2. The van der Waals surface area contributed by atoms with Gasteiger partial charge in [0, 0.05) is 44.6 Å². The van der Waals surface area contributed by atoms with Crippen molar-refractivity contribution in [2.75, 3.05) is 46.4 Å². The summed E-state index contributed by atoms with van der Waals surface area (Å²) in [5.41, 5.74) is 0.974. The summed E-state index contributed by atoms with van der Waals surface area (Å²) >= 11 is 3.31. The summed E-state index contributed by atoms with van der Waals surface area (Å²) in [6.45, 7) is 3.02. The molecule has 9 heteroatoms. The minimum absolute atomic E-state index is 0.000897. The Labute approximate surface area is 178 Å². The SMILES string of the molecule is COCC(=O)N1CCN(CC(=O)N2N=C(c3cccs3)CC2c2cccs2)CC1. The number of piperazine rings is 1. The van der Waals surface area contributed by atoms with Crippen molar-refractivity contribution in [3.63, 3.8) is 0 Å². The van der Waals surface area contributed by atoms with Gasteiger partial charge >= 0.3 is 0 Å². The van der Waals surface area contributed by atoms with Gasteiger partial charge in [-0.25, -0.2) is 5.01 Å². The first-order valence-corrected chi connectivity index (χ1v) is 11.4. The normalized spacial score (nSPS) is 20.2. The first kappa shape index (κ1) is 20.2. The Morgan fingerprint density at radius 2 is 1.86 bits per heavy atom. The fourth-order valence-corrected chi connectivity index (χ4v) is 5.20. The van der Waals surface area contributed by atoms with Crippen LogP contribution in [0.3, 0.4) is 0 Å². The largest absolute Gasteiger partial charge is 0.375 e. The molecule has 2 aromatic rings. The number of rotatable bonds is 6. The van der Waals surface area contributed by atoms with Crippen molar-refractivity contribution in [3.05, 3.63) is 44.8 Å². The molecule has 154 valence electrons. The number of nitrogens with zero attached hydrogens (tertiary/aromatic N) is 4. The van der Waals surface area contributed by atoms with Crippen LogP contribution in [0, 0.1) is 0 Å². The third-order valence-electron chi connectivity index (χ3n) is 5.19. The van der Waals surface area contributed by atoms with Crippen molar-refractivity contribution in [1.29, 1.82) is 0 Å². The van der Waals surface area contributed by atoms with Crippen molar-refractivity contribution in [2.24, 2.45) is 5.10 Å². The van der Waals surface area contributed by atoms with E-state index in [0.717, 1.165) is 21.9 Å². The molecule has 1 atom stereocenters. The van der Waals surface area contributed by atoms with E-state index in [1.165, 1.54) is 7.11 Å². The van der Waals surface area contributed by atoms with Gasteiger partial charge in [0.05, 0.1) is 23.2 Å². The fraction of sp³-hybridized carbons (Fsp3) is 0.450. The molecule has 0 aliphatic carbocycles. The van der Waals surface area contributed by atoms with E-state index in [4.69, 9.17) is 9.84 Å². The Bertz CT molecular complexity index is 858. The van der Waals surface area contributed by atoms with E-state index < -0.39 is 0 Å². The molecule has 1 saturated heterocycles. The van der Waals surface area contributed by atoms with E-state index in [9.17, 15) is 9.59 Å². The number of methoxy groups -OCH3 is 1. The van der Waals surface area contributed by atoms with Crippen molar-refractivity contribution < 1.29 is 14.3 Å². The zero-order chi connectivity index (χ0) is 20.2. The summed E-state index contributed by atoms with van der Waals surface area (Å²) in [4.78, 5) is 31.3. The van der Waals surface area contributed by atoms with Crippen LogP contribution in [-0.4, -0.2) is 78.8 Å². The molecule has 1 unspecified atom stereocenters. The number of hydrogen-bond donors (Lipinski definition) is 0. The Balaban J connectivity index is 1.41. The minimum Gasteiger partial charge on any atom is -0.375 e. The third-order valence-corrected chi connectivity index (χ3v) is 7.09. The fourth-order valence-electron chi connectivity index (χ4n) is 3.67. The van der Waals surface area contributed by atoms with Gasteiger partial charge in [0.15, 0.2) is 0 Å². The average molecular weight is 433 g/mol. The van der Waals surface area contributed by atoms with Gasteiger partial charge in [-0.05, 0) is 22.9 Å². The van der Waals surface area contributed by atoms with E-state index >= 15 is 0 Å². The number of carbonyl (C=O) groups excluding carboxylic acids is 2. The molecule has 1 fully saturated rings. The number of hydrogen-bond acceptors (Lipinski definition) is 7. The van der Waals surface area contributed by atoms with Crippen LogP contribution in [0.25, 0.3) is 0 Å². The highest BCUT2D eigenvalue weighted by molar-refractivity contribution is 7.12. The lowest BCUT2D eigenvalue weighted by Gasteiger charge is -2.35. The highest BCUT2D eigenvalue weighted by atomic mass is 32.1. The molecule has 2 aromatic heterocycles. The average Bonchev–Trinajstić information content (AvgIpc) is 3.49. The van der Waals surface area contributed by atoms with Crippen molar-refractivity contribution in [1.82, 2.24) is 14.8 Å². The first-order valence-electron chi connectivity index (χ1n) is 9.61. The molecule has 0 spiro atoms. The second-order valence-corrected chi connectivity index (χ2v) is 9.01. The summed E-state index contributed by atoms with van der Waals surface area (Å²) < 4.78 is 4.93. The van der Waals surface area contributed by atoms with Gasteiger partial charge in [0.25, 0.3) is 5.91 Å². The highest BCUT2D eigenvalue weighted by Crippen LogP contribution is 2.36. The summed E-state index contributed by atoms with van der Waals surface area (Å²) in [5.74, 6) is 0.00703. The number of thiophene rings is 2. The lowest BCUT2D eigenvalue weighted by atomic mass is 10.1. The van der Waals surface area contributed by atoms with Gasteiger partial charge < -0.3 is 9.64 Å². The molecule has 0 N–H and O–H groups in total. The molecule has 29 heavy (non-hydrogen) atoms. The van der Waals surface area contributed by atoms with E-state index in [-0.39, 0.29) is 24.5 Å². The quantitative estimate of drug-likeness (QED) is 0.703. The summed E-state index contributed by atoms with van der Waals surface area (Å²) in [7, 11) is 1.53. The van der Waals surface area contributed by atoms with Crippen molar-refractivity contribution in [3.8, 4) is 0 Å². The van der Waals surface area contributed by atoms with Crippen molar-refractivity contribution >= 4 is 40.2 Å². The van der Waals surface area contributed by atoms with E-state index in [0.29, 0.717) is 32.7 Å². The molecule has 0 radical (unpaired) electrons. The van der Waals surface area contributed by atoms with Crippen LogP contribution in [0.5, 0.6) is 0 Å². The molecule has 2 amide bonds. The van der Waals surface area contributed by atoms with Gasteiger partial charge in [-0.1, -0.05) is 12.1 Å². The maximum Gasteiger partial charge on any atom is 0.257 e. The maximum absolute atomic E-state index is 13.1. The molecular weight excluding hydrogens is 408 g/mol. The van der Waals surface area contributed by atoms with Crippen LogP contribution >= 0.6 is 22.7 Å². The zero-order valence-corrected chi connectivity index (χ0v) is 18.0. The number of hydrazone groups is 1. The van der Waals surface area contributed by atoms with Gasteiger partial charge in [-0.15, -0.1) is 22.7 Å². The Morgan fingerprint density at radius 1 is 1.10 bits per heavy atom. The monoisotopic (exact) mass is 432 g/mol. The van der Waals surface area contributed by atoms with E-state index in [2.05, 4.69) is 17.0 Å². The molecule has 0 bridgehead atoms. The number of carbonyl (C=O) groups is 2. The maximum atomic E-state index is 13.1. The minimum atomic E-state index is -0.0378. The summed E-state index contributed by atoms with van der Waals surface area (Å²) in [6.07, 6.45) is 0.742. The summed E-state index contributed by atoms with van der Waals surface area (Å²) in [6, 6.07) is 8.12. The Kier molecular flexibility index (Phi) is 6.39.